The van der Waals surface area contributed by atoms with Crippen molar-refractivity contribution in [3.8, 4) is 0 Å². The molecule has 26 heavy (non-hydrogen) atoms. The second kappa shape index (κ2) is 7.66. The van der Waals surface area contributed by atoms with Crippen LogP contribution in [0.4, 0.5) is 9.18 Å². The highest BCUT2D eigenvalue weighted by molar-refractivity contribution is 9.10. The minimum Gasteiger partial charge on any atom is -0.444 e. The lowest BCUT2D eigenvalue weighted by Crippen LogP contribution is -2.42. The Morgan fingerprint density at radius 1 is 1.31 bits per heavy atom. The van der Waals surface area contributed by atoms with Gasteiger partial charge in [-0.3, -0.25) is 0 Å². The fourth-order valence-corrected chi connectivity index (χ4v) is 6.00. The minimum absolute atomic E-state index is 0.0401. The van der Waals surface area contributed by atoms with Crippen molar-refractivity contribution in [2.75, 3.05) is 7.05 Å². The van der Waals surface area contributed by atoms with E-state index < -0.39 is 21.7 Å². The molecule has 1 aromatic carbocycles. The molecule has 0 N–H and O–H groups in total. The normalized spacial score (nSPS) is 12.1. The van der Waals surface area contributed by atoms with Crippen LogP contribution in [0.1, 0.15) is 25.6 Å². The van der Waals surface area contributed by atoms with Crippen LogP contribution in [0.2, 0.25) is 0 Å². The Kier molecular flexibility index (Phi) is 6.14. The summed E-state index contributed by atoms with van der Waals surface area (Å²) < 4.78 is 44.4. The van der Waals surface area contributed by atoms with Gasteiger partial charge in [-0.1, -0.05) is 6.07 Å². The summed E-state index contributed by atoms with van der Waals surface area (Å²) in [6.07, 6.45) is -0.503. The highest BCUT2D eigenvalue weighted by atomic mass is 79.9. The second-order valence-electron chi connectivity index (χ2n) is 6.59. The second-order valence-corrected chi connectivity index (χ2v) is 10.7. The van der Waals surface area contributed by atoms with Crippen molar-refractivity contribution < 1.29 is 22.3 Å². The summed E-state index contributed by atoms with van der Waals surface area (Å²) >= 11 is 4.20. The van der Waals surface area contributed by atoms with Crippen molar-refractivity contribution in [2.45, 2.75) is 42.0 Å². The van der Waals surface area contributed by atoms with Crippen molar-refractivity contribution in [2.24, 2.45) is 0 Å². The Balaban J connectivity index is 2.20. The maximum Gasteiger partial charge on any atom is 0.410 e. The van der Waals surface area contributed by atoms with Gasteiger partial charge in [0.15, 0.2) is 0 Å². The molecule has 0 saturated carbocycles. The van der Waals surface area contributed by atoms with E-state index in [1.165, 1.54) is 23.1 Å². The number of amides is 1. The third kappa shape index (κ3) is 4.63. The van der Waals surface area contributed by atoms with Crippen molar-refractivity contribution in [3.05, 3.63) is 45.5 Å². The molecule has 0 aliphatic heterocycles. The van der Waals surface area contributed by atoms with Crippen LogP contribution in [0, 0.1) is 5.82 Å². The van der Waals surface area contributed by atoms with Crippen molar-refractivity contribution in [1.82, 2.24) is 4.90 Å². The molecular weight excluding hydrogens is 445 g/mol. The Morgan fingerprint density at radius 2 is 1.96 bits per heavy atom. The summed E-state index contributed by atoms with van der Waals surface area (Å²) in [7, 11) is -2.24. The van der Waals surface area contributed by atoms with E-state index in [9.17, 15) is 17.6 Å². The molecule has 0 unspecified atom stereocenters. The van der Waals surface area contributed by atoms with Crippen molar-refractivity contribution in [3.63, 3.8) is 0 Å². The minimum atomic E-state index is -3.87. The number of halogens is 2. The molecule has 0 spiro atoms. The number of benzene rings is 1. The highest BCUT2D eigenvalue weighted by Gasteiger charge is 2.26. The van der Waals surface area contributed by atoms with Crippen LogP contribution in [-0.2, 0) is 21.2 Å². The molecule has 0 aliphatic rings. The lowest BCUT2D eigenvalue weighted by atomic mass is 10.1. The number of rotatable bonds is 4. The number of ether oxygens (including phenoxy) is 1. The van der Waals surface area contributed by atoms with Gasteiger partial charge >= 0.3 is 6.09 Å². The molecule has 0 aliphatic carbocycles. The summed E-state index contributed by atoms with van der Waals surface area (Å²) in [5, 5.41) is 0. The average molecular weight is 464 g/mol. The first-order valence-electron chi connectivity index (χ1n) is 7.62. The van der Waals surface area contributed by atoms with E-state index in [2.05, 4.69) is 15.9 Å². The van der Waals surface area contributed by atoms with Gasteiger partial charge in [-0.25, -0.2) is 17.6 Å². The van der Waals surface area contributed by atoms with Crippen LogP contribution in [-0.4, -0.2) is 32.0 Å². The highest BCUT2D eigenvalue weighted by Crippen LogP contribution is 2.36. The number of sulfone groups is 1. The predicted octanol–water partition coefficient (Wildman–Crippen LogP) is 4.85. The number of thiophene rings is 1. The van der Waals surface area contributed by atoms with Gasteiger partial charge in [-0.05, 0) is 61.0 Å². The van der Waals surface area contributed by atoms with Crippen LogP contribution in [0.5, 0.6) is 0 Å². The summed E-state index contributed by atoms with van der Waals surface area (Å²) in [6, 6.07) is 6.41. The average Bonchev–Trinajstić information content (AvgIpc) is 2.92. The maximum absolute atomic E-state index is 13.4. The Hall–Kier alpha value is -1.45. The Morgan fingerprint density at radius 3 is 2.54 bits per heavy atom. The Labute approximate surface area is 164 Å². The van der Waals surface area contributed by atoms with E-state index >= 15 is 0 Å². The first kappa shape index (κ1) is 20.9. The first-order valence-corrected chi connectivity index (χ1v) is 10.7. The molecule has 1 aromatic heterocycles. The van der Waals surface area contributed by atoms with Crippen molar-refractivity contribution in [1.29, 1.82) is 0 Å². The van der Waals surface area contributed by atoms with E-state index in [1.54, 1.807) is 13.1 Å². The van der Waals surface area contributed by atoms with Gasteiger partial charge in [0.25, 0.3) is 0 Å². The summed E-state index contributed by atoms with van der Waals surface area (Å²) in [5.74, 6) is -0.627. The molecule has 0 atom stereocenters. The molecule has 2 rings (SSSR count). The van der Waals surface area contributed by atoms with E-state index in [-0.39, 0.29) is 21.3 Å². The fraction of sp³-hybridized carbons (Fsp3) is 0.353. The van der Waals surface area contributed by atoms with Gasteiger partial charge in [0.05, 0.1) is 4.90 Å². The van der Waals surface area contributed by atoms with Gasteiger partial charge < -0.3 is 9.64 Å². The molecule has 2 aromatic rings. The smallest absolute Gasteiger partial charge is 0.410 e. The molecule has 1 heterocycles. The zero-order chi connectivity index (χ0) is 19.7. The van der Waals surface area contributed by atoms with Crippen molar-refractivity contribution >= 4 is 43.2 Å². The number of carbonyl (C=O) groups excluding carboxylic acids is 1. The van der Waals surface area contributed by atoms with Gasteiger partial charge in [0.2, 0.25) is 9.84 Å². The van der Waals surface area contributed by atoms with Gasteiger partial charge in [-0.15, -0.1) is 11.3 Å². The maximum atomic E-state index is 13.4. The zero-order valence-corrected chi connectivity index (χ0v) is 18.0. The lowest BCUT2D eigenvalue weighted by molar-refractivity contribution is 0.0766. The number of nitrogens with zero attached hydrogens (tertiary/aromatic N) is 1. The molecule has 5 nitrogen and oxygen atoms in total. The van der Waals surface area contributed by atoms with E-state index in [0.717, 1.165) is 17.4 Å². The largest absolute Gasteiger partial charge is 0.444 e. The molecule has 0 fully saturated rings. The van der Waals surface area contributed by atoms with E-state index in [1.807, 2.05) is 20.8 Å². The van der Waals surface area contributed by atoms with Crippen LogP contribution >= 0.6 is 27.3 Å². The Bertz CT molecular complexity index is 919. The zero-order valence-electron chi connectivity index (χ0n) is 14.7. The van der Waals surface area contributed by atoms with Crippen LogP contribution in [0.25, 0.3) is 0 Å². The molecule has 0 bridgehead atoms. The third-order valence-electron chi connectivity index (χ3n) is 3.67. The summed E-state index contributed by atoms with van der Waals surface area (Å²) in [6.45, 7) is 5.57. The molecule has 0 radical (unpaired) electrons. The monoisotopic (exact) mass is 463 g/mol. The summed E-state index contributed by atoms with van der Waals surface area (Å²) in [4.78, 5) is 13.9. The van der Waals surface area contributed by atoms with Gasteiger partial charge in [0.1, 0.15) is 16.6 Å². The SMILES string of the molecule is CN(C(=O)OCc1cc(Br)c(S(=O)(=O)c2cccc(F)c2)s1)C(C)(C)C. The molecular formula is C17H19BrFNO4S2. The standard InChI is InChI=1S/C17H19BrFNO4S2/c1-17(2,3)20(4)16(21)24-10-12-9-14(18)15(25-12)26(22,23)13-7-5-6-11(19)8-13/h5-9H,10H2,1-4H3. The van der Waals surface area contributed by atoms with Gasteiger partial charge in [0, 0.05) is 21.9 Å². The summed E-state index contributed by atoms with van der Waals surface area (Å²) in [5.41, 5.74) is -0.390. The molecule has 9 heteroatoms. The van der Waals surface area contributed by atoms with E-state index in [0.29, 0.717) is 9.35 Å². The number of carbonyl (C=O) groups is 1. The fourth-order valence-electron chi connectivity index (χ4n) is 1.90. The lowest BCUT2D eigenvalue weighted by Gasteiger charge is -2.30. The molecule has 0 saturated heterocycles. The van der Waals surface area contributed by atoms with Crippen LogP contribution in [0.15, 0.2) is 43.9 Å². The third-order valence-corrected chi connectivity index (χ3v) is 8.22. The van der Waals surface area contributed by atoms with Crippen LogP contribution < -0.4 is 0 Å². The number of hydrogen-bond donors (Lipinski definition) is 0. The van der Waals surface area contributed by atoms with E-state index in [4.69, 9.17) is 4.74 Å². The van der Waals surface area contributed by atoms with Gasteiger partial charge in [-0.2, -0.15) is 0 Å². The molecule has 1 amide bonds. The number of hydrogen-bond acceptors (Lipinski definition) is 5. The predicted molar refractivity (Wildman–Crippen MR) is 102 cm³/mol. The van der Waals surface area contributed by atoms with Crippen LogP contribution in [0.3, 0.4) is 0 Å². The molecule has 142 valence electrons. The quantitative estimate of drug-likeness (QED) is 0.649. The topological polar surface area (TPSA) is 63.7 Å². The first-order chi connectivity index (χ1) is 11.9.